The summed E-state index contributed by atoms with van der Waals surface area (Å²) < 4.78 is 5.42. The summed E-state index contributed by atoms with van der Waals surface area (Å²) >= 11 is 0. The van der Waals surface area contributed by atoms with Gasteiger partial charge in [0.2, 0.25) is 0 Å². The van der Waals surface area contributed by atoms with E-state index in [1.54, 1.807) is 0 Å². The second-order valence-electron chi connectivity index (χ2n) is 3.48. The first kappa shape index (κ1) is 8.97. The molecule has 11 heavy (non-hydrogen) atoms. The van der Waals surface area contributed by atoms with E-state index in [2.05, 4.69) is 19.0 Å². The summed E-state index contributed by atoms with van der Waals surface area (Å²) in [5.41, 5.74) is 5.83. The first-order chi connectivity index (χ1) is 5.21. The first-order valence-electron chi connectivity index (χ1n) is 4.16. The highest BCUT2D eigenvalue weighted by Crippen LogP contribution is 2.22. The Morgan fingerprint density at radius 2 is 2.27 bits per heavy atom. The summed E-state index contributed by atoms with van der Waals surface area (Å²) in [7, 11) is 4.14. The molecule has 3 nitrogen and oxygen atoms in total. The average molecular weight is 158 g/mol. The molecule has 2 N–H and O–H groups in total. The molecule has 0 spiro atoms. The van der Waals surface area contributed by atoms with E-state index >= 15 is 0 Å². The summed E-state index contributed by atoms with van der Waals surface area (Å²) in [6, 6.07) is 0. The molecular weight excluding hydrogens is 140 g/mol. The van der Waals surface area contributed by atoms with Crippen molar-refractivity contribution in [3.05, 3.63) is 0 Å². The van der Waals surface area contributed by atoms with Crippen LogP contribution >= 0.6 is 0 Å². The molecule has 0 aliphatic carbocycles. The third-order valence-electron chi connectivity index (χ3n) is 2.63. The number of nitrogens with zero attached hydrogens (tertiary/aromatic N) is 1. The van der Waals surface area contributed by atoms with Gasteiger partial charge in [-0.25, -0.2) is 0 Å². The Labute approximate surface area is 68.5 Å². The molecule has 1 fully saturated rings. The molecule has 0 radical (unpaired) electrons. The molecule has 0 bridgehead atoms. The maximum Gasteiger partial charge on any atom is 0.0662 e. The molecular formula is C8H18N2O. The molecule has 3 heteroatoms. The number of likely N-dealkylation sites (N-methyl/N-ethyl adjacent to an activating group) is 1. The van der Waals surface area contributed by atoms with Crippen LogP contribution in [0.2, 0.25) is 0 Å². The van der Waals surface area contributed by atoms with Crippen molar-refractivity contribution in [2.75, 3.05) is 33.9 Å². The van der Waals surface area contributed by atoms with Gasteiger partial charge in [0.15, 0.2) is 0 Å². The van der Waals surface area contributed by atoms with Crippen LogP contribution in [0.25, 0.3) is 0 Å². The second-order valence-corrected chi connectivity index (χ2v) is 3.48. The van der Waals surface area contributed by atoms with Gasteiger partial charge in [-0.2, -0.15) is 0 Å². The third kappa shape index (κ3) is 1.72. The van der Waals surface area contributed by atoms with Gasteiger partial charge in [0.25, 0.3) is 0 Å². The number of hydrogen-bond acceptors (Lipinski definition) is 3. The molecule has 1 rings (SSSR count). The second kappa shape index (κ2) is 3.52. The van der Waals surface area contributed by atoms with Gasteiger partial charge in [0, 0.05) is 13.2 Å². The maximum absolute atomic E-state index is 5.72. The summed E-state index contributed by atoms with van der Waals surface area (Å²) in [6.07, 6.45) is 2.30. The Morgan fingerprint density at radius 3 is 2.55 bits per heavy atom. The monoisotopic (exact) mass is 158 g/mol. The number of ether oxygens (including phenoxy) is 1. The molecule has 0 saturated carbocycles. The molecule has 1 aliphatic rings. The van der Waals surface area contributed by atoms with Crippen LogP contribution in [0.1, 0.15) is 12.8 Å². The van der Waals surface area contributed by atoms with E-state index in [9.17, 15) is 0 Å². The Morgan fingerprint density at radius 1 is 1.55 bits per heavy atom. The predicted molar refractivity (Wildman–Crippen MR) is 45.5 cm³/mol. The van der Waals surface area contributed by atoms with Crippen LogP contribution in [0, 0.1) is 0 Å². The van der Waals surface area contributed by atoms with Crippen molar-refractivity contribution >= 4 is 0 Å². The maximum atomic E-state index is 5.72. The Bertz CT molecular complexity index is 119. The van der Waals surface area contributed by atoms with Crippen LogP contribution < -0.4 is 5.73 Å². The average Bonchev–Trinajstić information content (AvgIpc) is 2.05. The van der Waals surface area contributed by atoms with Crippen molar-refractivity contribution in [2.24, 2.45) is 5.73 Å². The standard InChI is InChI=1S/C8H18N2O/c1-10(2)8(6-9)4-3-5-11-7-8/h3-7,9H2,1-2H3. The van der Waals surface area contributed by atoms with Gasteiger partial charge in [0.1, 0.15) is 0 Å². The number of nitrogens with two attached hydrogens (primary N) is 1. The molecule has 0 aromatic heterocycles. The third-order valence-corrected chi connectivity index (χ3v) is 2.63. The molecule has 1 atom stereocenters. The van der Waals surface area contributed by atoms with Gasteiger partial charge in [0.05, 0.1) is 12.1 Å². The molecule has 0 amide bonds. The van der Waals surface area contributed by atoms with E-state index in [-0.39, 0.29) is 5.54 Å². The smallest absolute Gasteiger partial charge is 0.0662 e. The molecule has 66 valence electrons. The van der Waals surface area contributed by atoms with Crippen molar-refractivity contribution in [3.8, 4) is 0 Å². The largest absolute Gasteiger partial charge is 0.379 e. The molecule has 1 saturated heterocycles. The summed E-state index contributed by atoms with van der Waals surface area (Å²) in [6.45, 7) is 2.38. The first-order valence-corrected chi connectivity index (χ1v) is 4.16. The zero-order valence-electron chi connectivity index (χ0n) is 7.47. The molecule has 1 unspecified atom stereocenters. The summed E-state index contributed by atoms with van der Waals surface area (Å²) in [5, 5.41) is 0. The molecule has 1 aliphatic heterocycles. The van der Waals surface area contributed by atoms with Crippen LogP contribution in [0.15, 0.2) is 0 Å². The topological polar surface area (TPSA) is 38.5 Å². The van der Waals surface area contributed by atoms with Gasteiger partial charge in [-0.1, -0.05) is 0 Å². The van der Waals surface area contributed by atoms with E-state index < -0.39 is 0 Å². The minimum absolute atomic E-state index is 0.109. The van der Waals surface area contributed by atoms with Crippen molar-refractivity contribution in [1.82, 2.24) is 4.90 Å². The lowest BCUT2D eigenvalue weighted by Gasteiger charge is -2.41. The number of rotatable bonds is 2. The van der Waals surface area contributed by atoms with Crippen molar-refractivity contribution in [1.29, 1.82) is 0 Å². The Hall–Kier alpha value is -0.120. The van der Waals surface area contributed by atoms with Gasteiger partial charge < -0.3 is 15.4 Å². The van der Waals surface area contributed by atoms with Crippen LogP contribution in [0.4, 0.5) is 0 Å². The van der Waals surface area contributed by atoms with Gasteiger partial charge >= 0.3 is 0 Å². The minimum atomic E-state index is 0.109. The van der Waals surface area contributed by atoms with Gasteiger partial charge in [-0.15, -0.1) is 0 Å². The summed E-state index contributed by atoms with van der Waals surface area (Å²) in [4.78, 5) is 2.19. The Balaban J connectivity index is 2.57. The lowest BCUT2D eigenvalue weighted by molar-refractivity contribution is -0.0240. The molecule has 1 heterocycles. The van der Waals surface area contributed by atoms with Crippen molar-refractivity contribution in [3.63, 3.8) is 0 Å². The van der Waals surface area contributed by atoms with Gasteiger partial charge in [-0.3, -0.25) is 0 Å². The van der Waals surface area contributed by atoms with Crippen LogP contribution in [-0.2, 0) is 4.74 Å². The van der Waals surface area contributed by atoms with Crippen LogP contribution in [-0.4, -0.2) is 44.3 Å². The highest BCUT2D eigenvalue weighted by Gasteiger charge is 2.33. The lowest BCUT2D eigenvalue weighted by atomic mass is 9.91. The minimum Gasteiger partial charge on any atom is -0.379 e. The van der Waals surface area contributed by atoms with E-state index in [4.69, 9.17) is 10.5 Å². The highest BCUT2D eigenvalue weighted by atomic mass is 16.5. The highest BCUT2D eigenvalue weighted by molar-refractivity contribution is 4.90. The van der Waals surface area contributed by atoms with E-state index in [1.165, 1.54) is 0 Å². The predicted octanol–water partition coefficient (Wildman–Crippen LogP) is 0.0559. The van der Waals surface area contributed by atoms with Crippen molar-refractivity contribution < 1.29 is 4.74 Å². The number of hydrogen-bond donors (Lipinski definition) is 1. The zero-order valence-corrected chi connectivity index (χ0v) is 7.47. The molecule has 0 aromatic carbocycles. The quantitative estimate of drug-likeness (QED) is 0.617. The van der Waals surface area contributed by atoms with Gasteiger partial charge in [-0.05, 0) is 26.9 Å². The fraction of sp³-hybridized carbons (Fsp3) is 1.00. The van der Waals surface area contributed by atoms with Crippen molar-refractivity contribution in [2.45, 2.75) is 18.4 Å². The fourth-order valence-electron chi connectivity index (χ4n) is 1.53. The zero-order chi connectivity index (χ0) is 8.32. The lowest BCUT2D eigenvalue weighted by Crippen LogP contribution is -2.55. The van der Waals surface area contributed by atoms with Crippen LogP contribution in [0.5, 0.6) is 0 Å². The normalized spacial score (nSPS) is 32.7. The van der Waals surface area contributed by atoms with Crippen LogP contribution in [0.3, 0.4) is 0 Å². The Kier molecular flexibility index (Phi) is 2.87. The van der Waals surface area contributed by atoms with E-state index in [1.807, 2.05) is 0 Å². The molecule has 0 aromatic rings. The van der Waals surface area contributed by atoms with E-state index in [0.29, 0.717) is 6.54 Å². The fourth-order valence-corrected chi connectivity index (χ4v) is 1.53. The summed E-state index contributed by atoms with van der Waals surface area (Å²) in [5.74, 6) is 0. The van der Waals surface area contributed by atoms with E-state index in [0.717, 1.165) is 26.1 Å². The SMILES string of the molecule is CN(C)C1(CN)CCCOC1.